The second-order valence-corrected chi connectivity index (χ2v) is 12.0. The van der Waals surface area contributed by atoms with Gasteiger partial charge in [-0.05, 0) is 35.6 Å². The molecule has 0 N–H and O–H groups in total. The Hall–Kier alpha value is -4.58. The minimum Gasteiger partial charge on any atom is -0.453 e. The number of ether oxygens (including phenoxy) is 1. The summed E-state index contributed by atoms with van der Waals surface area (Å²) in [6.07, 6.45) is 3.81. The van der Waals surface area contributed by atoms with Crippen LogP contribution in [0.1, 0.15) is 21.8 Å². The highest BCUT2D eigenvalue weighted by molar-refractivity contribution is 7.11. The number of hydrogen-bond acceptors (Lipinski definition) is 8. The fraction of sp³-hybridized carbons (Fsp3) is 0.333. The normalized spacial score (nSPS) is 19.5. The molecule has 0 bridgehead atoms. The van der Waals surface area contributed by atoms with Crippen LogP contribution in [0.25, 0.3) is 22.0 Å². The molecule has 1 spiro atoms. The maximum Gasteiger partial charge on any atom is 0.409 e. The van der Waals surface area contributed by atoms with E-state index < -0.39 is 11.6 Å². The number of thiazole rings is 1. The number of nitrogens with zero attached hydrogens (tertiary/aromatic N) is 7. The Balaban J connectivity index is 1.14. The molecule has 5 heterocycles. The average molecular weight is 584 g/mol. The van der Waals surface area contributed by atoms with Crippen molar-refractivity contribution in [1.29, 1.82) is 0 Å². The van der Waals surface area contributed by atoms with Crippen molar-refractivity contribution in [1.82, 2.24) is 29.5 Å². The van der Waals surface area contributed by atoms with Crippen molar-refractivity contribution in [2.45, 2.75) is 12.0 Å². The molecule has 214 valence electrons. The first-order valence-electron chi connectivity index (χ1n) is 13.8. The van der Waals surface area contributed by atoms with E-state index in [1.54, 1.807) is 16.5 Å². The van der Waals surface area contributed by atoms with Crippen molar-refractivity contribution >= 4 is 46.0 Å². The highest BCUT2D eigenvalue weighted by Gasteiger charge is 2.58. The molecular weight excluding hydrogens is 554 g/mol. The second kappa shape index (κ2) is 10.1. The van der Waals surface area contributed by atoms with E-state index in [4.69, 9.17) is 9.73 Å². The number of amides is 3. The molecule has 42 heavy (non-hydrogen) atoms. The third-order valence-electron chi connectivity index (χ3n) is 8.41. The SMILES string of the molecule is COC(=O)N1CC2(C1)N=C(c1ccc(-c3ccc4c(cnn4C)c3)cc1)N(C[C@@H]1CCN(C(=O)c3nccs3)C1)C2=O. The van der Waals surface area contributed by atoms with Crippen LogP contribution in [0.15, 0.2) is 65.2 Å². The number of aliphatic imine (C=N–C) groups is 1. The van der Waals surface area contributed by atoms with Crippen LogP contribution < -0.4 is 0 Å². The Morgan fingerprint density at radius 3 is 2.57 bits per heavy atom. The summed E-state index contributed by atoms with van der Waals surface area (Å²) in [5.41, 5.74) is 3.00. The Labute approximate surface area is 246 Å². The number of benzene rings is 2. The van der Waals surface area contributed by atoms with Crippen LogP contribution >= 0.6 is 11.3 Å². The molecule has 2 aromatic carbocycles. The molecule has 2 fully saturated rings. The van der Waals surface area contributed by atoms with Crippen molar-refractivity contribution in [3.63, 3.8) is 0 Å². The fourth-order valence-electron chi connectivity index (χ4n) is 6.14. The molecule has 3 aliphatic heterocycles. The van der Waals surface area contributed by atoms with Gasteiger partial charge in [-0.25, -0.2) is 14.8 Å². The van der Waals surface area contributed by atoms with E-state index in [1.165, 1.54) is 23.3 Å². The molecule has 1 atom stereocenters. The quantitative estimate of drug-likeness (QED) is 0.357. The third-order valence-corrected chi connectivity index (χ3v) is 9.17. The fourth-order valence-corrected chi connectivity index (χ4v) is 6.74. The van der Waals surface area contributed by atoms with Crippen LogP contribution in [0.2, 0.25) is 0 Å². The summed E-state index contributed by atoms with van der Waals surface area (Å²) in [6, 6.07) is 14.3. The van der Waals surface area contributed by atoms with E-state index in [9.17, 15) is 14.4 Å². The minimum absolute atomic E-state index is 0.0709. The van der Waals surface area contributed by atoms with Crippen molar-refractivity contribution < 1.29 is 19.1 Å². The van der Waals surface area contributed by atoms with E-state index in [1.807, 2.05) is 47.1 Å². The zero-order chi connectivity index (χ0) is 29.0. The predicted molar refractivity (Wildman–Crippen MR) is 157 cm³/mol. The second-order valence-electron chi connectivity index (χ2n) is 11.1. The number of rotatable bonds is 5. The Morgan fingerprint density at radius 1 is 1.07 bits per heavy atom. The van der Waals surface area contributed by atoms with Gasteiger partial charge < -0.3 is 14.5 Å². The minimum atomic E-state index is -1.01. The van der Waals surface area contributed by atoms with Crippen LogP contribution in [0.5, 0.6) is 0 Å². The van der Waals surface area contributed by atoms with Crippen LogP contribution in [0, 0.1) is 5.92 Å². The molecule has 7 rings (SSSR count). The molecule has 4 aromatic rings. The largest absolute Gasteiger partial charge is 0.453 e. The summed E-state index contributed by atoms with van der Waals surface area (Å²) in [5, 5.41) is 7.68. The number of carbonyl (C=O) groups excluding carboxylic acids is 3. The monoisotopic (exact) mass is 583 g/mol. The lowest BCUT2D eigenvalue weighted by Gasteiger charge is -2.43. The molecule has 0 aliphatic carbocycles. The molecule has 0 radical (unpaired) electrons. The smallest absolute Gasteiger partial charge is 0.409 e. The van der Waals surface area contributed by atoms with E-state index in [0.29, 0.717) is 30.5 Å². The highest BCUT2D eigenvalue weighted by atomic mass is 32.1. The first-order valence-corrected chi connectivity index (χ1v) is 14.7. The zero-order valence-corrected chi connectivity index (χ0v) is 24.1. The molecule has 2 aromatic heterocycles. The first-order chi connectivity index (χ1) is 20.3. The zero-order valence-electron chi connectivity index (χ0n) is 23.3. The number of likely N-dealkylation sites (tertiary alicyclic amines) is 2. The predicted octanol–water partition coefficient (Wildman–Crippen LogP) is 3.27. The lowest BCUT2D eigenvalue weighted by atomic mass is 9.90. The summed E-state index contributed by atoms with van der Waals surface area (Å²) in [6.45, 7) is 1.97. The highest BCUT2D eigenvalue weighted by Crippen LogP contribution is 2.36. The number of amidine groups is 1. The molecular formula is C30H29N7O4S. The van der Waals surface area contributed by atoms with Crippen LogP contribution in [0.3, 0.4) is 0 Å². The van der Waals surface area contributed by atoms with Crippen molar-refractivity contribution in [3.8, 4) is 11.1 Å². The summed E-state index contributed by atoms with van der Waals surface area (Å²) < 4.78 is 6.70. The van der Waals surface area contributed by atoms with Gasteiger partial charge in [-0.15, -0.1) is 11.3 Å². The number of aromatic nitrogens is 3. The molecule has 0 saturated carbocycles. The van der Waals surface area contributed by atoms with Crippen molar-refractivity contribution in [2.24, 2.45) is 18.0 Å². The summed E-state index contributed by atoms with van der Waals surface area (Å²) in [7, 11) is 3.25. The van der Waals surface area contributed by atoms with Gasteiger partial charge in [0.1, 0.15) is 5.84 Å². The van der Waals surface area contributed by atoms with Crippen LogP contribution in [-0.2, 0) is 16.6 Å². The lowest BCUT2D eigenvalue weighted by Crippen LogP contribution is -2.66. The van der Waals surface area contributed by atoms with E-state index in [2.05, 4.69) is 28.3 Å². The lowest BCUT2D eigenvalue weighted by molar-refractivity contribution is -0.136. The molecule has 3 amide bonds. The van der Waals surface area contributed by atoms with Gasteiger partial charge in [0.25, 0.3) is 11.8 Å². The first kappa shape index (κ1) is 26.3. The summed E-state index contributed by atoms with van der Waals surface area (Å²) in [4.78, 5) is 53.0. The van der Waals surface area contributed by atoms with Gasteiger partial charge in [0, 0.05) is 49.2 Å². The van der Waals surface area contributed by atoms with Crippen LogP contribution in [0.4, 0.5) is 4.79 Å². The van der Waals surface area contributed by atoms with Gasteiger partial charge in [-0.1, -0.05) is 30.3 Å². The van der Waals surface area contributed by atoms with Gasteiger partial charge in [-0.2, -0.15) is 5.10 Å². The van der Waals surface area contributed by atoms with Gasteiger partial charge in [-0.3, -0.25) is 19.2 Å². The summed E-state index contributed by atoms with van der Waals surface area (Å²) >= 11 is 1.33. The molecule has 2 saturated heterocycles. The Kier molecular flexibility index (Phi) is 6.30. The number of carbonyl (C=O) groups is 3. The Bertz CT molecular complexity index is 1720. The Morgan fingerprint density at radius 2 is 1.83 bits per heavy atom. The number of methoxy groups -OCH3 is 1. The van der Waals surface area contributed by atoms with E-state index in [0.717, 1.165) is 34.0 Å². The maximum absolute atomic E-state index is 13.9. The number of aryl methyl sites for hydroxylation is 1. The average Bonchev–Trinajstić information content (AvgIpc) is 3.80. The molecule has 11 nitrogen and oxygen atoms in total. The molecule has 12 heteroatoms. The van der Waals surface area contributed by atoms with Crippen molar-refractivity contribution in [3.05, 3.63) is 70.8 Å². The molecule has 0 unspecified atom stereocenters. The number of hydrogen-bond donors (Lipinski definition) is 0. The number of fused-ring (bicyclic) bond motifs is 1. The van der Waals surface area contributed by atoms with E-state index >= 15 is 0 Å². The third kappa shape index (κ3) is 4.33. The van der Waals surface area contributed by atoms with Gasteiger partial charge in [0.05, 0.1) is 31.9 Å². The van der Waals surface area contributed by atoms with Crippen molar-refractivity contribution in [2.75, 3.05) is 39.8 Å². The standard InChI is InChI=1S/C30H29N7O4S/c1-34-24-8-7-22(13-23(24)14-32-34)20-3-5-21(6-4-20)25-33-30(17-36(18-30)29(40)41-2)28(39)37(25)16-19-9-11-35(15-19)27(38)26-31-10-12-42-26/h3-8,10,12-14,19H,9,11,15-18H2,1-2H3/t19-/m1/s1. The van der Waals surface area contributed by atoms with E-state index in [-0.39, 0.29) is 30.8 Å². The summed E-state index contributed by atoms with van der Waals surface area (Å²) in [5.74, 6) is 0.510. The maximum atomic E-state index is 13.9. The molecule has 3 aliphatic rings. The van der Waals surface area contributed by atoms with Gasteiger partial charge in [0.2, 0.25) is 0 Å². The topological polar surface area (TPSA) is 113 Å². The van der Waals surface area contributed by atoms with Gasteiger partial charge >= 0.3 is 6.09 Å². The van der Waals surface area contributed by atoms with Gasteiger partial charge in [0.15, 0.2) is 10.5 Å². The van der Waals surface area contributed by atoms with Crippen LogP contribution in [-0.4, -0.2) is 98.6 Å².